The molecular weight excluding hydrogens is 530 g/mol. The van der Waals surface area contributed by atoms with Crippen molar-refractivity contribution in [3.63, 3.8) is 0 Å². The first kappa shape index (κ1) is 32.7. The number of benzene rings is 1. The van der Waals surface area contributed by atoms with Gasteiger partial charge in [-0.3, -0.25) is 18.9 Å². The third-order valence-electron chi connectivity index (χ3n) is 4.57. The van der Waals surface area contributed by atoms with Gasteiger partial charge in [-0.15, -0.1) is 0 Å². The Labute approximate surface area is 226 Å². The Morgan fingerprint density at radius 1 is 1.06 bits per heavy atom. The van der Waals surface area contributed by atoms with Crippen LogP contribution < -0.4 is 40.8 Å². The topological polar surface area (TPSA) is 236 Å². The molecule has 0 aliphatic carbocycles. The minimum Gasteiger partial charge on any atom is -1.00 e. The van der Waals surface area contributed by atoms with Gasteiger partial charge in [-0.25, -0.2) is 9.78 Å². The molecule has 34 heavy (non-hydrogen) atoms. The van der Waals surface area contributed by atoms with Gasteiger partial charge in [0.25, 0.3) is 5.56 Å². The third-order valence-corrected chi connectivity index (χ3v) is 4.57. The van der Waals surface area contributed by atoms with Gasteiger partial charge in [0.2, 0.25) is 0 Å². The van der Waals surface area contributed by atoms with Gasteiger partial charge in [-0.1, -0.05) is 0 Å². The van der Waals surface area contributed by atoms with Crippen LogP contribution in [0.2, 0.25) is 0 Å². The summed E-state index contributed by atoms with van der Waals surface area (Å²) in [5.41, 5.74) is 1.11. The van der Waals surface area contributed by atoms with Crippen molar-refractivity contribution in [1.82, 2.24) is 19.5 Å². The van der Waals surface area contributed by atoms with E-state index in [2.05, 4.69) is 15.0 Å². The van der Waals surface area contributed by atoms with E-state index in [0.717, 1.165) is 11.1 Å². The summed E-state index contributed by atoms with van der Waals surface area (Å²) in [7, 11) is -4.67. The summed E-state index contributed by atoms with van der Waals surface area (Å²) >= 11 is 0. The molecule has 0 saturated carbocycles. The number of aliphatic hydroxyl groups is 4. The third kappa shape index (κ3) is 8.44. The predicted molar refractivity (Wildman–Crippen MR) is 111 cm³/mol. The quantitative estimate of drug-likeness (QED) is 0.0892. The molecule has 1 aromatic carbocycles. The van der Waals surface area contributed by atoms with Crippen LogP contribution in [0.3, 0.4) is 0 Å². The van der Waals surface area contributed by atoms with E-state index in [4.69, 9.17) is 22.6 Å². The van der Waals surface area contributed by atoms with E-state index in [9.17, 15) is 24.9 Å². The molecule has 2 aliphatic rings. The van der Waals surface area contributed by atoms with Crippen molar-refractivity contribution < 1.29 is 86.0 Å². The molecule has 0 fully saturated rings. The Hall–Kier alpha value is -1.27. The van der Waals surface area contributed by atoms with Crippen LogP contribution in [-0.2, 0) is 34.0 Å². The molecule has 0 bridgehead atoms. The van der Waals surface area contributed by atoms with Gasteiger partial charge in [-0.2, -0.15) is 13.4 Å². The van der Waals surface area contributed by atoms with Crippen molar-refractivity contribution in [2.45, 2.75) is 38.7 Å². The smallest absolute Gasteiger partial charge is 1.00 e. The standard InChI is InChI=1S/C17H20N4O6.Mn.Na.H2O4S.H/c1-7-3-9-10(4-8(7)2)21(5-11(23)14(25)12(24)6-22)15-13(18-9)16(26)20-17(27)19-15;;;1-5(2,3)4;/h3-4,11-12,14,22-25H,5-6H2,1-2H3,(H,20,26,27);;;(H2,1,2,3,4);/q;;+1;;-1/t11-,12+,14-;;;;/m1..../s1. The molecule has 1 radical (unpaired) electrons. The van der Waals surface area contributed by atoms with Crippen LogP contribution in [0.15, 0.2) is 21.7 Å². The van der Waals surface area contributed by atoms with E-state index in [1.165, 1.54) is 4.57 Å². The normalized spacial score (nSPS) is 13.8. The van der Waals surface area contributed by atoms with E-state index in [1.54, 1.807) is 12.1 Å². The summed E-state index contributed by atoms with van der Waals surface area (Å²) in [4.78, 5) is 34.0. The molecule has 0 aromatic heterocycles. The maximum absolute atomic E-state index is 12.2. The Morgan fingerprint density at radius 2 is 1.59 bits per heavy atom. The Morgan fingerprint density at radius 3 is 2.12 bits per heavy atom. The number of aryl methyl sites for hydroxylation is 2. The fraction of sp³-hybridized carbons (Fsp3) is 0.412. The average Bonchev–Trinajstić information content (AvgIpc) is 2.67. The second-order valence-corrected chi connectivity index (χ2v) is 7.84. The Bertz CT molecular complexity index is 1310. The van der Waals surface area contributed by atoms with Crippen LogP contribution in [0.5, 0.6) is 0 Å². The zero-order valence-electron chi connectivity index (χ0n) is 19.2. The SMILES string of the molecule is Cc1cc2nc3c(=O)[nH]c(=O)nc-3n(C[C@@H](O)[C@@H](O)[C@@H](O)CO)c2cc1C.O=S(=O)(O)O.[H-].[Mn].[Na+]. The minimum absolute atomic E-state index is 0. The fourth-order valence-electron chi connectivity index (χ4n) is 2.89. The van der Waals surface area contributed by atoms with Gasteiger partial charge in [0.15, 0.2) is 11.5 Å². The van der Waals surface area contributed by atoms with Crippen LogP contribution in [0, 0.1) is 13.8 Å². The second kappa shape index (κ2) is 13.2. The van der Waals surface area contributed by atoms with Gasteiger partial charge in [0.1, 0.15) is 18.3 Å². The van der Waals surface area contributed by atoms with Crippen molar-refractivity contribution in [1.29, 1.82) is 0 Å². The molecule has 17 heteroatoms. The first-order chi connectivity index (χ1) is 14.7. The zero-order chi connectivity index (χ0) is 24.4. The average molecular weight is 553 g/mol. The maximum atomic E-state index is 12.2. The number of hydrogen-bond donors (Lipinski definition) is 7. The number of aromatic amines is 1. The van der Waals surface area contributed by atoms with Gasteiger partial charge in [0, 0.05) is 17.1 Å². The van der Waals surface area contributed by atoms with Crippen LogP contribution in [-0.4, -0.2) is 82.4 Å². The van der Waals surface area contributed by atoms with Crippen molar-refractivity contribution in [3.8, 4) is 11.5 Å². The monoisotopic (exact) mass is 553 g/mol. The molecule has 0 unspecified atom stereocenters. The van der Waals surface area contributed by atoms with Crippen LogP contribution in [0.4, 0.5) is 0 Å². The minimum atomic E-state index is -4.67. The summed E-state index contributed by atoms with van der Waals surface area (Å²) in [6.45, 7) is 2.73. The maximum Gasteiger partial charge on any atom is 1.00 e. The van der Waals surface area contributed by atoms with E-state index in [-0.39, 0.29) is 66.1 Å². The van der Waals surface area contributed by atoms with Crippen LogP contribution >= 0.6 is 0 Å². The van der Waals surface area contributed by atoms with Crippen molar-refractivity contribution in [2.24, 2.45) is 0 Å². The predicted octanol–water partition coefficient (Wildman–Crippen LogP) is -5.26. The molecule has 185 valence electrons. The molecule has 1 aromatic rings. The molecule has 2 heterocycles. The van der Waals surface area contributed by atoms with Gasteiger partial charge in [-0.05, 0) is 37.1 Å². The molecule has 3 atom stereocenters. The molecular formula is C17H23MnN4NaO10S. The van der Waals surface area contributed by atoms with E-state index in [0.29, 0.717) is 11.0 Å². The summed E-state index contributed by atoms with van der Waals surface area (Å²) in [5.74, 6) is -0.0516. The Kier molecular flexibility index (Phi) is 12.7. The zero-order valence-corrected chi connectivity index (χ0v) is 22.2. The van der Waals surface area contributed by atoms with Crippen molar-refractivity contribution >= 4 is 21.4 Å². The van der Waals surface area contributed by atoms with E-state index >= 15 is 0 Å². The van der Waals surface area contributed by atoms with Gasteiger partial charge >= 0.3 is 45.6 Å². The number of rotatable bonds is 5. The van der Waals surface area contributed by atoms with Gasteiger partial charge in [0.05, 0.1) is 24.2 Å². The van der Waals surface area contributed by atoms with E-state index < -0.39 is 46.6 Å². The molecule has 0 saturated heterocycles. The molecule has 2 aliphatic heterocycles. The second-order valence-electron chi connectivity index (χ2n) is 6.95. The van der Waals surface area contributed by atoms with Crippen molar-refractivity contribution in [3.05, 3.63) is 44.1 Å². The molecule has 7 N–H and O–H groups in total. The number of fused-ring (bicyclic) bond motifs is 2. The molecule has 14 nitrogen and oxygen atoms in total. The number of nitrogens with zero attached hydrogens (tertiary/aromatic N) is 3. The largest absolute Gasteiger partial charge is 1.00 e. The van der Waals surface area contributed by atoms with Crippen molar-refractivity contribution in [2.75, 3.05) is 6.61 Å². The van der Waals surface area contributed by atoms with Gasteiger partial charge < -0.3 is 26.4 Å². The first-order valence-corrected chi connectivity index (χ1v) is 10.4. The molecule has 0 spiro atoms. The summed E-state index contributed by atoms with van der Waals surface area (Å²) in [6, 6.07) is 3.53. The summed E-state index contributed by atoms with van der Waals surface area (Å²) in [5, 5.41) is 38.8. The fourth-order valence-corrected chi connectivity index (χ4v) is 2.89. The number of H-pyrrole nitrogens is 1. The number of aliphatic hydroxyl groups excluding tert-OH is 4. The van der Waals surface area contributed by atoms with E-state index in [1.807, 2.05) is 13.8 Å². The number of hydrogen-bond acceptors (Lipinski definition) is 10. The Balaban J connectivity index is 0. The summed E-state index contributed by atoms with van der Waals surface area (Å²) in [6.07, 6.45) is -4.68. The number of aromatic nitrogens is 4. The number of nitrogens with one attached hydrogen (secondary N) is 1. The summed E-state index contributed by atoms with van der Waals surface area (Å²) < 4.78 is 33.0. The van der Waals surface area contributed by atoms with Crippen LogP contribution in [0.1, 0.15) is 12.6 Å². The first-order valence-electron chi connectivity index (χ1n) is 8.99. The molecule has 0 amide bonds. The van der Waals surface area contributed by atoms with Crippen LogP contribution in [0.25, 0.3) is 22.6 Å². The molecule has 3 rings (SSSR count).